The molecule has 2 N–H and O–H groups in total. The molecule has 0 saturated heterocycles. The Morgan fingerprint density at radius 1 is 1.10 bits per heavy atom. The Bertz CT molecular complexity index is 760. The molecule has 106 valence electrons. The monoisotopic (exact) mass is 279 g/mol. The van der Waals surface area contributed by atoms with Crippen LogP contribution >= 0.6 is 0 Å². The van der Waals surface area contributed by atoms with E-state index in [4.69, 9.17) is 10.3 Å². The lowest BCUT2D eigenvalue weighted by Crippen LogP contribution is -1.93. The number of aromatic nitrogens is 2. The topological polar surface area (TPSA) is 64.9 Å². The minimum Gasteiger partial charge on any atom is -0.398 e. The van der Waals surface area contributed by atoms with Crippen LogP contribution in [0.4, 0.5) is 5.69 Å². The summed E-state index contributed by atoms with van der Waals surface area (Å²) in [6.45, 7) is 4.08. The number of anilines is 1. The molecular weight excluding hydrogens is 262 g/mol. The van der Waals surface area contributed by atoms with Crippen LogP contribution in [0.5, 0.6) is 0 Å². The molecule has 0 spiro atoms. The van der Waals surface area contributed by atoms with Gasteiger partial charge in [0, 0.05) is 11.3 Å². The van der Waals surface area contributed by atoms with Crippen LogP contribution in [-0.2, 0) is 6.42 Å². The molecule has 0 fully saturated rings. The minimum atomic E-state index is 0.450. The van der Waals surface area contributed by atoms with Crippen LogP contribution in [0.25, 0.3) is 22.8 Å². The average Bonchev–Trinajstić information content (AvgIpc) is 3.00. The molecule has 21 heavy (non-hydrogen) atoms. The molecule has 0 aliphatic carbocycles. The summed E-state index contributed by atoms with van der Waals surface area (Å²) in [6, 6.07) is 13.9. The van der Waals surface area contributed by atoms with Crippen molar-refractivity contribution in [3.63, 3.8) is 0 Å². The van der Waals surface area contributed by atoms with Crippen molar-refractivity contribution in [2.45, 2.75) is 20.3 Å². The molecule has 0 bridgehead atoms. The number of aryl methyl sites for hydroxylation is 2. The van der Waals surface area contributed by atoms with Gasteiger partial charge in [-0.25, -0.2) is 0 Å². The highest BCUT2D eigenvalue weighted by atomic mass is 16.5. The summed E-state index contributed by atoms with van der Waals surface area (Å²) >= 11 is 0. The Labute approximate surface area is 123 Å². The fraction of sp³-hybridized carbons (Fsp3) is 0.176. The molecule has 0 aliphatic rings. The van der Waals surface area contributed by atoms with Crippen LogP contribution in [0.15, 0.2) is 47.0 Å². The summed E-state index contributed by atoms with van der Waals surface area (Å²) in [7, 11) is 0. The standard InChI is InChI=1S/C17H17N3O/c1-3-12-7-9-13(10-8-12)16-19-17(21-20-16)14-6-4-5-11(2)15(14)18/h4-10H,3,18H2,1-2H3. The van der Waals surface area contributed by atoms with E-state index in [1.54, 1.807) is 0 Å². The lowest BCUT2D eigenvalue weighted by molar-refractivity contribution is 0.432. The first-order valence-corrected chi connectivity index (χ1v) is 6.97. The molecule has 0 aliphatic heterocycles. The van der Waals surface area contributed by atoms with Gasteiger partial charge in [0.25, 0.3) is 5.89 Å². The second-order valence-electron chi connectivity index (χ2n) is 5.01. The third-order valence-corrected chi connectivity index (χ3v) is 3.60. The largest absolute Gasteiger partial charge is 0.398 e. The predicted octanol–water partition coefficient (Wildman–Crippen LogP) is 3.86. The Kier molecular flexibility index (Phi) is 3.44. The van der Waals surface area contributed by atoms with Crippen molar-refractivity contribution in [2.24, 2.45) is 0 Å². The smallest absolute Gasteiger partial charge is 0.260 e. The number of benzene rings is 2. The van der Waals surface area contributed by atoms with Gasteiger partial charge in [-0.1, -0.05) is 48.5 Å². The number of rotatable bonds is 3. The summed E-state index contributed by atoms with van der Waals surface area (Å²) in [5.74, 6) is 1.03. The maximum absolute atomic E-state index is 6.07. The zero-order valence-electron chi connectivity index (χ0n) is 12.1. The fourth-order valence-electron chi connectivity index (χ4n) is 2.21. The third-order valence-electron chi connectivity index (χ3n) is 3.60. The van der Waals surface area contributed by atoms with E-state index in [2.05, 4.69) is 29.2 Å². The van der Waals surface area contributed by atoms with Crippen LogP contribution in [-0.4, -0.2) is 10.1 Å². The first-order valence-electron chi connectivity index (χ1n) is 6.97. The maximum atomic E-state index is 6.07. The van der Waals surface area contributed by atoms with E-state index in [0.29, 0.717) is 17.4 Å². The number of para-hydroxylation sites is 1. The maximum Gasteiger partial charge on any atom is 0.260 e. The molecule has 1 aromatic heterocycles. The molecule has 0 radical (unpaired) electrons. The molecule has 3 aromatic rings. The summed E-state index contributed by atoms with van der Waals surface area (Å²) in [6.07, 6.45) is 1.01. The van der Waals surface area contributed by atoms with E-state index >= 15 is 0 Å². The Morgan fingerprint density at radius 3 is 2.57 bits per heavy atom. The molecule has 3 rings (SSSR count). The predicted molar refractivity (Wildman–Crippen MR) is 83.7 cm³/mol. The van der Waals surface area contributed by atoms with E-state index in [-0.39, 0.29) is 0 Å². The molecular formula is C17H17N3O. The van der Waals surface area contributed by atoms with Crippen molar-refractivity contribution in [2.75, 3.05) is 5.73 Å². The molecule has 4 nitrogen and oxygen atoms in total. The van der Waals surface area contributed by atoms with Crippen LogP contribution in [0.3, 0.4) is 0 Å². The van der Waals surface area contributed by atoms with Gasteiger partial charge >= 0.3 is 0 Å². The van der Waals surface area contributed by atoms with Crippen LogP contribution < -0.4 is 5.73 Å². The van der Waals surface area contributed by atoms with Crippen molar-refractivity contribution >= 4 is 5.69 Å². The van der Waals surface area contributed by atoms with Crippen molar-refractivity contribution in [1.82, 2.24) is 10.1 Å². The number of nitrogen functional groups attached to an aromatic ring is 1. The van der Waals surface area contributed by atoms with Crippen LogP contribution in [0.1, 0.15) is 18.1 Å². The van der Waals surface area contributed by atoms with Crippen molar-refractivity contribution in [1.29, 1.82) is 0 Å². The van der Waals surface area contributed by atoms with Gasteiger partial charge in [0.15, 0.2) is 0 Å². The van der Waals surface area contributed by atoms with Gasteiger partial charge in [-0.15, -0.1) is 0 Å². The second-order valence-corrected chi connectivity index (χ2v) is 5.01. The Balaban J connectivity index is 1.97. The zero-order chi connectivity index (χ0) is 14.8. The van der Waals surface area contributed by atoms with Gasteiger partial charge in [0.1, 0.15) is 0 Å². The SMILES string of the molecule is CCc1ccc(-c2noc(-c3cccc(C)c3N)n2)cc1. The van der Waals surface area contributed by atoms with E-state index in [9.17, 15) is 0 Å². The number of hydrogen-bond acceptors (Lipinski definition) is 4. The van der Waals surface area contributed by atoms with Crippen LogP contribution in [0.2, 0.25) is 0 Å². The first-order chi connectivity index (χ1) is 10.2. The zero-order valence-corrected chi connectivity index (χ0v) is 12.1. The van der Waals surface area contributed by atoms with Crippen LogP contribution in [0, 0.1) is 6.92 Å². The van der Waals surface area contributed by atoms with E-state index in [1.807, 2.05) is 37.3 Å². The number of nitrogens with zero attached hydrogens (tertiary/aromatic N) is 2. The van der Waals surface area contributed by atoms with Gasteiger partial charge in [0.2, 0.25) is 5.82 Å². The lowest BCUT2D eigenvalue weighted by Gasteiger charge is -2.03. The van der Waals surface area contributed by atoms with E-state index in [1.165, 1.54) is 5.56 Å². The Morgan fingerprint density at radius 2 is 1.86 bits per heavy atom. The highest BCUT2D eigenvalue weighted by molar-refractivity contribution is 5.74. The summed E-state index contributed by atoms with van der Waals surface area (Å²) in [5.41, 5.74) is 10.7. The van der Waals surface area contributed by atoms with E-state index in [0.717, 1.165) is 23.1 Å². The normalized spacial score (nSPS) is 10.8. The molecule has 2 aromatic carbocycles. The van der Waals surface area contributed by atoms with Gasteiger partial charge in [-0.05, 0) is 30.5 Å². The van der Waals surface area contributed by atoms with Gasteiger partial charge in [-0.3, -0.25) is 0 Å². The highest BCUT2D eigenvalue weighted by Crippen LogP contribution is 2.28. The van der Waals surface area contributed by atoms with E-state index < -0.39 is 0 Å². The van der Waals surface area contributed by atoms with Gasteiger partial charge < -0.3 is 10.3 Å². The average molecular weight is 279 g/mol. The van der Waals surface area contributed by atoms with Crippen molar-refractivity contribution in [3.8, 4) is 22.8 Å². The summed E-state index contributed by atoms with van der Waals surface area (Å²) in [4.78, 5) is 4.45. The molecule has 0 unspecified atom stereocenters. The van der Waals surface area contributed by atoms with Gasteiger partial charge in [0.05, 0.1) is 5.56 Å². The number of nitrogens with two attached hydrogens (primary N) is 1. The quantitative estimate of drug-likeness (QED) is 0.739. The molecule has 1 heterocycles. The summed E-state index contributed by atoms with van der Waals surface area (Å²) in [5, 5.41) is 4.05. The summed E-state index contributed by atoms with van der Waals surface area (Å²) < 4.78 is 5.36. The second kappa shape index (κ2) is 5.40. The number of hydrogen-bond donors (Lipinski definition) is 1. The molecule has 0 amide bonds. The molecule has 0 atom stereocenters. The van der Waals surface area contributed by atoms with Crippen molar-refractivity contribution < 1.29 is 4.52 Å². The Hall–Kier alpha value is -2.62. The van der Waals surface area contributed by atoms with Gasteiger partial charge in [-0.2, -0.15) is 4.98 Å². The highest BCUT2D eigenvalue weighted by Gasteiger charge is 2.13. The van der Waals surface area contributed by atoms with Crippen molar-refractivity contribution in [3.05, 3.63) is 53.6 Å². The first kappa shape index (κ1) is 13.4. The third kappa shape index (κ3) is 2.52. The molecule has 0 saturated carbocycles. The fourth-order valence-corrected chi connectivity index (χ4v) is 2.21. The molecule has 4 heteroatoms. The minimum absolute atomic E-state index is 0.450. The lowest BCUT2D eigenvalue weighted by atomic mass is 10.1.